The summed E-state index contributed by atoms with van der Waals surface area (Å²) in [6.45, 7) is 7.87. The lowest BCUT2D eigenvalue weighted by Crippen LogP contribution is -2.53. The van der Waals surface area contributed by atoms with Crippen LogP contribution in [0.15, 0.2) is 0 Å². The molecule has 1 amide bonds. The zero-order chi connectivity index (χ0) is 15.9. The first-order valence-corrected chi connectivity index (χ1v) is 6.36. The highest BCUT2D eigenvalue weighted by atomic mass is 16.5. The highest BCUT2D eigenvalue weighted by molar-refractivity contribution is 5.82. The molecule has 0 spiro atoms. The summed E-state index contributed by atoms with van der Waals surface area (Å²) < 4.78 is 9.63. The van der Waals surface area contributed by atoms with Gasteiger partial charge in [0.15, 0.2) is 0 Å². The Kier molecular flexibility index (Phi) is 7.20. The van der Waals surface area contributed by atoms with Crippen molar-refractivity contribution in [2.24, 2.45) is 11.1 Å². The van der Waals surface area contributed by atoms with Crippen molar-refractivity contribution >= 4 is 17.8 Å². The van der Waals surface area contributed by atoms with Gasteiger partial charge >= 0.3 is 11.9 Å². The third-order valence-electron chi connectivity index (χ3n) is 2.54. The zero-order valence-corrected chi connectivity index (χ0v) is 12.7. The molecule has 7 heteroatoms. The minimum atomic E-state index is -0.723. The van der Waals surface area contributed by atoms with E-state index in [4.69, 9.17) is 15.2 Å². The van der Waals surface area contributed by atoms with Gasteiger partial charge in [-0.1, -0.05) is 20.8 Å². The largest absolute Gasteiger partial charge is 0.464 e. The first-order valence-electron chi connectivity index (χ1n) is 6.36. The number of amides is 1. The maximum atomic E-state index is 12.0. The van der Waals surface area contributed by atoms with E-state index in [0.29, 0.717) is 0 Å². The molecule has 0 rings (SSSR count). The van der Waals surface area contributed by atoms with E-state index in [-0.39, 0.29) is 19.1 Å². The Balaban J connectivity index is 4.57. The fourth-order valence-electron chi connectivity index (χ4n) is 1.25. The van der Waals surface area contributed by atoms with Crippen LogP contribution in [0.2, 0.25) is 0 Å². The van der Waals surface area contributed by atoms with Crippen molar-refractivity contribution in [2.45, 2.75) is 46.7 Å². The summed E-state index contributed by atoms with van der Waals surface area (Å²) in [5.41, 5.74) is 5.42. The van der Waals surface area contributed by atoms with Gasteiger partial charge in [-0.3, -0.25) is 14.4 Å². The van der Waals surface area contributed by atoms with Gasteiger partial charge < -0.3 is 20.5 Å². The number of carbonyl (C=O) groups is 3. The SMILES string of the molecule is CC(=O)OCC(COC(C)=O)NC(=O)[C@@H](N)C(C)(C)C. The van der Waals surface area contributed by atoms with Crippen molar-refractivity contribution in [3.8, 4) is 0 Å². The van der Waals surface area contributed by atoms with Crippen LogP contribution < -0.4 is 11.1 Å². The molecule has 0 radical (unpaired) electrons. The summed E-state index contributed by atoms with van der Waals surface area (Å²) in [5, 5.41) is 2.62. The van der Waals surface area contributed by atoms with Gasteiger partial charge in [-0.15, -0.1) is 0 Å². The molecule has 1 atom stereocenters. The number of nitrogens with two attached hydrogens (primary N) is 1. The van der Waals surface area contributed by atoms with Gasteiger partial charge in [0.25, 0.3) is 0 Å². The molecule has 0 bridgehead atoms. The smallest absolute Gasteiger partial charge is 0.302 e. The molecular weight excluding hydrogens is 264 g/mol. The Morgan fingerprint density at radius 1 is 1.05 bits per heavy atom. The second-order valence-corrected chi connectivity index (χ2v) is 5.65. The summed E-state index contributed by atoms with van der Waals surface area (Å²) in [6, 6.07) is -1.34. The van der Waals surface area contributed by atoms with E-state index in [9.17, 15) is 14.4 Å². The summed E-state index contributed by atoms with van der Waals surface area (Å²) in [4.78, 5) is 33.6. The van der Waals surface area contributed by atoms with Crippen LogP contribution in [-0.2, 0) is 23.9 Å². The van der Waals surface area contributed by atoms with Crippen molar-refractivity contribution in [1.82, 2.24) is 5.32 Å². The van der Waals surface area contributed by atoms with Crippen LogP contribution in [0.5, 0.6) is 0 Å². The molecule has 0 aromatic rings. The van der Waals surface area contributed by atoms with Crippen LogP contribution in [-0.4, -0.2) is 43.1 Å². The third-order valence-corrected chi connectivity index (χ3v) is 2.54. The minimum absolute atomic E-state index is 0.0782. The fourth-order valence-corrected chi connectivity index (χ4v) is 1.25. The number of nitrogens with one attached hydrogen (secondary N) is 1. The molecule has 0 saturated carbocycles. The molecule has 0 aliphatic heterocycles. The maximum absolute atomic E-state index is 12.0. The molecule has 0 unspecified atom stereocenters. The summed E-state index contributed by atoms with van der Waals surface area (Å²) in [6.07, 6.45) is 0. The van der Waals surface area contributed by atoms with Crippen LogP contribution in [0.25, 0.3) is 0 Å². The van der Waals surface area contributed by atoms with Gasteiger partial charge in [0, 0.05) is 13.8 Å². The van der Waals surface area contributed by atoms with Crippen molar-refractivity contribution in [3.05, 3.63) is 0 Å². The fraction of sp³-hybridized carbons (Fsp3) is 0.769. The Morgan fingerprint density at radius 3 is 1.75 bits per heavy atom. The van der Waals surface area contributed by atoms with Gasteiger partial charge in [-0.25, -0.2) is 0 Å². The first-order chi connectivity index (χ1) is 9.04. The highest BCUT2D eigenvalue weighted by Crippen LogP contribution is 2.17. The molecule has 0 aromatic carbocycles. The number of esters is 2. The molecule has 0 heterocycles. The Morgan fingerprint density at radius 2 is 1.45 bits per heavy atom. The second kappa shape index (κ2) is 7.84. The average molecular weight is 288 g/mol. The molecule has 0 aliphatic rings. The van der Waals surface area contributed by atoms with Crippen molar-refractivity contribution in [2.75, 3.05) is 13.2 Å². The second-order valence-electron chi connectivity index (χ2n) is 5.65. The Hall–Kier alpha value is -1.63. The third kappa shape index (κ3) is 7.73. The summed E-state index contributed by atoms with van der Waals surface area (Å²) in [5.74, 6) is -1.35. The van der Waals surface area contributed by atoms with Gasteiger partial charge in [0.05, 0.1) is 12.1 Å². The van der Waals surface area contributed by atoms with E-state index < -0.39 is 29.4 Å². The molecule has 0 fully saturated rings. The van der Waals surface area contributed by atoms with Gasteiger partial charge in [-0.05, 0) is 5.41 Å². The molecule has 116 valence electrons. The lowest BCUT2D eigenvalue weighted by atomic mass is 9.87. The topological polar surface area (TPSA) is 108 Å². The summed E-state index contributed by atoms with van der Waals surface area (Å²) >= 11 is 0. The maximum Gasteiger partial charge on any atom is 0.302 e. The van der Waals surface area contributed by atoms with Gasteiger partial charge in [0.2, 0.25) is 5.91 Å². The molecule has 0 aromatic heterocycles. The lowest BCUT2D eigenvalue weighted by molar-refractivity contribution is -0.146. The molecule has 20 heavy (non-hydrogen) atoms. The monoisotopic (exact) mass is 288 g/mol. The summed E-state index contributed by atoms with van der Waals surface area (Å²) in [7, 11) is 0. The number of ether oxygens (including phenoxy) is 2. The van der Waals surface area contributed by atoms with E-state index in [1.165, 1.54) is 13.8 Å². The predicted octanol–water partition coefficient (Wildman–Crippen LogP) is -0.0292. The van der Waals surface area contributed by atoms with E-state index in [2.05, 4.69) is 5.32 Å². The van der Waals surface area contributed by atoms with Crippen LogP contribution >= 0.6 is 0 Å². The number of rotatable bonds is 6. The zero-order valence-electron chi connectivity index (χ0n) is 12.7. The molecule has 0 saturated heterocycles. The van der Waals surface area contributed by atoms with Crippen molar-refractivity contribution < 1.29 is 23.9 Å². The van der Waals surface area contributed by atoms with E-state index in [1.807, 2.05) is 20.8 Å². The average Bonchev–Trinajstić information content (AvgIpc) is 2.29. The molecular formula is C13H24N2O5. The van der Waals surface area contributed by atoms with E-state index in [1.54, 1.807) is 0 Å². The van der Waals surface area contributed by atoms with Gasteiger partial charge in [0.1, 0.15) is 13.2 Å². The lowest BCUT2D eigenvalue weighted by Gasteiger charge is -2.28. The van der Waals surface area contributed by atoms with Crippen LogP contribution in [0.3, 0.4) is 0 Å². The molecule has 3 N–H and O–H groups in total. The molecule has 7 nitrogen and oxygen atoms in total. The van der Waals surface area contributed by atoms with Crippen LogP contribution in [0.1, 0.15) is 34.6 Å². The van der Waals surface area contributed by atoms with Crippen molar-refractivity contribution in [1.29, 1.82) is 0 Å². The van der Waals surface area contributed by atoms with Crippen molar-refractivity contribution in [3.63, 3.8) is 0 Å². The van der Waals surface area contributed by atoms with E-state index >= 15 is 0 Å². The first kappa shape index (κ1) is 18.4. The molecule has 0 aliphatic carbocycles. The Bertz CT molecular complexity index is 344. The van der Waals surface area contributed by atoms with Gasteiger partial charge in [-0.2, -0.15) is 0 Å². The number of carbonyl (C=O) groups excluding carboxylic acids is 3. The number of hydrogen-bond donors (Lipinski definition) is 2. The van der Waals surface area contributed by atoms with Crippen LogP contribution in [0.4, 0.5) is 0 Å². The standard InChI is InChI=1S/C13H24N2O5/c1-8(16)19-6-10(7-20-9(2)17)15-12(18)11(14)13(3,4)5/h10-11H,6-7,14H2,1-5H3,(H,15,18)/t11-/m1/s1. The minimum Gasteiger partial charge on any atom is -0.464 e. The van der Waals surface area contributed by atoms with E-state index in [0.717, 1.165) is 0 Å². The predicted molar refractivity (Wildman–Crippen MR) is 72.6 cm³/mol. The quantitative estimate of drug-likeness (QED) is 0.665. The van der Waals surface area contributed by atoms with Crippen LogP contribution in [0, 0.1) is 5.41 Å². The Labute approximate surface area is 119 Å². The highest BCUT2D eigenvalue weighted by Gasteiger charge is 2.29. The normalized spacial score (nSPS) is 12.8. The number of hydrogen-bond acceptors (Lipinski definition) is 6.